The van der Waals surface area contributed by atoms with Crippen LogP contribution in [0.4, 0.5) is 0 Å². The highest BCUT2D eigenvalue weighted by molar-refractivity contribution is 7.90. The van der Waals surface area contributed by atoms with Gasteiger partial charge in [-0.1, -0.05) is 12.1 Å². The molecule has 0 saturated heterocycles. The van der Waals surface area contributed by atoms with Gasteiger partial charge in [-0.3, -0.25) is 0 Å². The SMILES string of the molecule is CCOC(=O)c1ccccc1S(C)(=O)=O. The molecule has 0 aliphatic carbocycles. The molecule has 5 heteroatoms. The van der Waals surface area contributed by atoms with Crippen molar-refractivity contribution in [1.29, 1.82) is 0 Å². The van der Waals surface area contributed by atoms with Crippen molar-refractivity contribution in [2.75, 3.05) is 12.9 Å². The van der Waals surface area contributed by atoms with E-state index in [0.29, 0.717) is 0 Å². The van der Waals surface area contributed by atoms with Crippen LogP contribution in [0.1, 0.15) is 17.3 Å². The molecule has 1 aromatic carbocycles. The van der Waals surface area contributed by atoms with E-state index in [1.54, 1.807) is 19.1 Å². The highest BCUT2D eigenvalue weighted by Crippen LogP contribution is 2.16. The first-order chi connectivity index (χ1) is 6.96. The van der Waals surface area contributed by atoms with Gasteiger partial charge < -0.3 is 4.74 Å². The maximum atomic E-state index is 11.4. The Morgan fingerprint density at radius 3 is 2.47 bits per heavy atom. The van der Waals surface area contributed by atoms with E-state index in [9.17, 15) is 13.2 Å². The van der Waals surface area contributed by atoms with Crippen molar-refractivity contribution in [2.24, 2.45) is 0 Å². The third-order valence-corrected chi connectivity index (χ3v) is 2.94. The molecular weight excluding hydrogens is 216 g/mol. The summed E-state index contributed by atoms with van der Waals surface area (Å²) in [6.07, 6.45) is 1.06. The summed E-state index contributed by atoms with van der Waals surface area (Å²) in [6, 6.07) is 6.00. The van der Waals surface area contributed by atoms with Crippen LogP contribution >= 0.6 is 0 Å². The average molecular weight is 228 g/mol. The lowest BCUT2D eigenvalue weighted by Gasteiger charge is -2.06. The maximum absolute atomic E-state index is 11.4. The van der Waals surface area contributed by atoms with Gasteiger partial charge in [-0.2, -0.15) is 0 Å². The van der Waals surface area contributed by atoms with Gasteiger partial charge in [0.1, 0.15) is 0 Å². The van der Waals surface area contributed by atoms with Crippen LogP contribution in [-0.2, 0) is 14.6 Å². The second-order valence-electron chi connectivity index (χ2n) is 2.99. The molecule has 1 aromatic rings. The highest BCUT2D eigenvalue weighted by atomic mass is 32.2. The summed E-state index contributed by atoms with van der Waals surface area (Å²) in [5, 5.41) is 0. The van der Waals surface area contributed by atoms with Gasteiger partial charge in [0.15, 0.2) is 9.84 Å². The smallest absolute Gasteiger partial charge is 0.339 e. The molecule has 1 rings (SSSR count). The van der Waals surface area contributed by atoms with Crippen LogP contribution in [0, 0.1) is 0 Å². The fraction of sp³-hybridized carbons (Fsp3) is 0.300. The standard InChI is InChI=1S/C10H12O4S/c1-3-14-10(11)8-6-4-5-7-9(8)15(2,12)13/h4-7H,3H2,1-2H3. The minimum Gasteiger partial charge on any atom is -0.462 e. The summed E-state index contributed by atoms with van der Waals surface area (Å²) in [6.45, 7) is 1.89. The summed E-state index contributed by atoms with van der Waals surface area (Å²) in [5.41, 5.74) is 0.0850. The van der Waals surface area contributed by atoms with E-state index in [1.807, 2.05) is 0 Å². The van der Waals surface area contributed by atoms with E-state index in [4.69, 9.17) is 4.74 Å². The Morgan fingerprint density at radius 1 is 1.33 bits per heavy atom. The molecule has 0 spiro atoms. The third-order valence-electron chi connectivity index (χ3n) is 1.78. The maximum Gasteiger partial charge on any atom is 0.339 e. The highest BCUT2D eigenvalue weighted by Gasteiger charge is 2.18. The van der Waals surface area contributed by atoms with Crippen molar-refractivity contribution in [3.8, 4) is 0 Å². The van der Waals surface area contributed by atoms with E-state index in [2.05, 4.69) is 0 Å². The van der Waals surface area contributed by atoms with E-state index >= 15 is 0 Å². The topological polar surface area (TPSA) is 60.4 Å². The predicted molar refractivity (Wildman–Crippen MR) is 55.5 cm³/mol. The Labute approximate surface area is 88.8 Å². The second kappa shape index (κ2) is 4.44. The number of esters is 1. The molecule has 0 aromatic heterocycles. The number of carbonyl (C=O) groups excluding carboxylic acids is 1. The molecule has 0 radical (unpaired) electrons. The quantitative estimate of drug-likeness (QED) is 0.731. The molecule has 0 heterocycles. The first-order valence-corrected chi connectivity index (χ1v) is 6.32. The summed E-state index contributed by atoms with van der Waals surface area (Å²) < 4.78 is 27.5. The lowest BCUT2D eigenvalue weighted by molar-refractivity contribution is 0.0522. The van der Waals surface area contributed by atoms with E-state index in [1.165, 1.54) is 12.1 Å². The van der Waals surface area contributed by atoms with Crippen molar-refractivity contribution in [1.82, 2.24) is 0 Å². The zero-order chi connectivity index (χ0) is 11.5. The van der Waals surface area contributed by atoms with Crippen molar-refractivity contribution < 1.29 is 17.9 Å². The van der Waals surface area contributed by atoms with Gasteiger partial charge in [0.05, 0.1) is 17.1 Å². The number of hydrogen-bond donors (Lipinski definition) is 0. The molecule has 0 unspecified atom stereocenters. The van der Waals surface area contributed by atoms with Crippen molar-refractivity contribution in [3.63, 3.8) is 0 Å². The van der Waals surface area contributed by atoms with Crippen LogP contribution in [0.5, 0.6) is 0 Å². The summed E-state index contributed by atoms with van der Waals surface area (Å²) >= 11 is 0. The molecule has 4 nitrogen and oxygen atoms in total. The van der Waals surface area contributed by atoms with Gasteiger partial charge in [-0.15, -0.1) is 0 Å². The Morgan fingerprint density at radius 2 is 1.93 bits per heavy atom. The molecular formula is C10H12O4S. The van der Waals surface area contributed by atoms with Gasteiger partial charge >= 0.3 is 5.97 Å². The number of rotatable bonds is 3. The molecule has 82 valence electrons. The van der Waals surface area contributed by atoms with Crippen molar-refractivity contribution >= 4 is 15.8 Å². The molecule has 0 aliphatic heterocycles. The molecule has 0 atom stereocenters. The minimum atomic E-state index is -3.40. The zero-order valence-electron chi connectivity index (χ0n) is 8.56. The fourth-order valence-electron chi connectivity index (χ4n) is 1.17. The molecule has 0 saturated carbocycles. The third kappa shape index (κ3) is 2.79. The Hall–Kier alpha value is -1.36. The largest absolute Gasteiger partial charge is 0.462 e. The average Bonchev–Trinajstić information content (AvgIpc) is 2.17. The van der Waals surface area contributed by atoms with Crippen molar-refractivity contribution in [2.45, 2.75) is 11.8 Å². The van der Waals surface area contributed by atoms with Crippen LogP contribution in [-0.4, -0.2) is 27.2 Å². The van der Waals surface area contributed by atoms with Gasteiger partial charge in [0, 0.05) is 6.26 Å². The van der Waals surface area contributed by atoms with Crippen molar-refractivity contribution in [3.05, 3.63) is 29.8 Å². The number of hydrogen-bond acceptors (Lipinski definition) is 4. The second-order valence-corrected chi connectivity index (χ2v) is 4.97. The molecule has 0 fully saturated rings. The summed E-state index contributed by atoms with van der Waals surface area (Å²) in [5.74, 6) is -0.612. The van der Waals surface area contributed by atoms with Gasteiger partial charge in [-0.05, 0) is 19.1 Å². The predicted octanol–water partition coefficient (Wildman–Crippen LogP) is 1.27. The Balaban J connectivity index is 3.25. The summed E-state index contributed by atoms with van der Waals surface area (Å²) in [4.78, 5) is 11.4. The monoisotopic (exact) mass is 228 g/mol. The summed E-state index contributed by atoms with van der Waals surface area (Å²) in [7, 11) is -3.40. The van der Waals surface area contributed by atoms with E-state index < -0.39 is 15.8 Å². The lowest BCUT2D eigenvalue weighted by atomic mass is 10.2. The molecule has 0 aliphatic rings. The number of sulfone groups is 1. The molecule has 0 N–H and O–H groups in total. The normalized spacial score (nSPS) is 11.1. The van der Waals surface area contributed by atoms with Crippen LogP contribution in [0.15, 0.2) is 29.2 Å². The molecule has 15 heavy (non-hydrogen) atoms. The number of ether oxygens (including phenoxy) is 1. The Kier molecular flexibility index (Phi) is 3.47. The van der Waals surface area contributed by atoms with E-state index in [-0.39, 0.29) is 17.1 Å². The van der Waals surface area contributed by atoms with Gasteiger partial charge in [-0.25, -0.2) is 13.2 Å². The van der Waals surface area contributed by atoms with Crippen LogP contribution in [0.2, 0.25) is 0 Å². The lowest BCUT2D eigenvalue weighted by Crippen LogP contribution is -2.10. The first kappa shape index (κ1) is 11.7. The van der Waals surface area contributed by atoms with Crippen LogP contribution < -0.4 is 0 Å². The molecule has 0 amide bonds. The van der Waals surface area contributed by atoms with E-state index in [0.717, 1.165) is 6.26 Å². The Bertz CT molecular complexity index is 462. The fourth-order valence-corrected chi connectivity index (χ4v) is 2.04. The first-order valence-electron chi connectivity index (χ1n) is 4.43. The van der Waals surface area contributed by atoms with Crippen LogP contribution in [0.25, 0.3) is 0 Å². The van der Waals surface area contributed by atoms with Gasteiger partial charge in [0.25, 0.3) is 0 Å². The zero-order valence-corrected chi connectivity index (χ0v) is 9.37. The molecule has 0 bridgehead atoms. The van der Waals surface area contributed by atoms with Crippen LogP contribution in [0.3, 0.4) is 0 Å². The van der Waals surface area contributed by atoms with Gasteiger partial charge in [0.2, 0.25) is 0 Å². The number of carbonyl (C=O) groups is 1. The minimum absolute atomic E-state index is 0.00319. The number of benzene rings is 1.